The van der Waals surface area contributed by atoms with Gasteiger partial charge in [0, 0.05) is 25.5 Å². The molecule has 1 aliphatic rings. The first-order chi connectivity index (χ1) is 8.73. The van der Waals surface area contributed by atoms with Gasteiger partial charge >= 0.3 is 0 Å². The van der Waals surface area contributed by atoms with E-state index in [-0.39, 0.29) is 5.78 Å². The zero-order chi connectivity index (χ0) is 13.0. The van der Waals surface area contributed by atoms with E-state index in [1.807, 2.05) is 17.7 Å². The number of carbonyl (C=O) groups excluding carboxylic acids is 1. The van der Waals surface area contributed by atoms with Gasteiger partial charge in [0.05, 0.1) is 0 Å². The summed E-state index contributed by atoms with van der Waals surface area (Å²) in [6, 6.07) is 0. The fourth-order valence-corrected chi connectivity index (χ4v) is 2.80. The molecule has 0 bridgehead atoms. The molecule has 2 rings (SSSR count). The molecule has 0 radical (unpaired) electrons. The molecular weight excluding hydrogens is 228 g/mol. The summed E-state index contributed by atoms with van der Waals surface area (Å²) in [7, 11) is 0. The summed E-state index contributed by atoms with van der Waals surface area (Å²) in [6.45, 7) is 5.47. The number of imidazole rings is 1. The molecule has 1 heterocycles. The molecule has 0 atom stereocenters. The number of carbonyl (C=O) groups is 1. The Kier molecular flexibility index (Phi) is 4.17. The highest BCUT2D eigenvalue weighted by atomic mass is 16.5. The second-order valence-electron chi connectivity index (χ2n) is 4.91. The summed E-state index contributed by atoms with van der Waals surface area (Å²) in [5.74, 6) is 0.632. The van der Waals surface area contributed by atoms with Crippen LogP contribution in [-0.4, -0.2) is 27.5 Å². The van der Waals surface area contributed by atoms with Crippen LogP contribution in [-0.2, 0) is 11.3 Å². The van der Waals surface area contributed by atoms with Gasteiger partial charge in [0.2, 0.25) is 5.78 Å². The summed E-state index contributed by atoms with van der Waals surface area (Å²) >= 11 is 0. The standard InChI is InChI=1S/C14H22N2O2/c1-3-10-16-11-9-15-13(16)12(17)14(18-4-2)7-5-6-8-14/h9,11H,3-8,10H2,1-2H3. The van der Waals surface area contributed by atoms with Gasteiger partial charge in [-0.2, -0.15) is 0 Å². The maximum atomic E-state index is 12.7. The minimum absolute atomic E-state index is 0.0697. The Labute approximate surface area is 108 Å². The average molecular weight is 250 g/mol. The van der Waals surface area contributed by atoms with E-state index >= 15 is 0 Å². The lowest BCUT2D eigenvalue weighted by molar-refractivity contribution is -0.0173. The van der Waals surface area contributed by atoms with E-state index in [1.54, 1.807) is 6.20 Å². The van der Waals surface area contributed by atoms with Crippen LogP contribution in [0.3, 0.4) is 0 Å². The predicted molar refractivity (Wildman–Crippen MR) is 69.7 cm³/mol. The predicted octanol–water partition coefficient (Wildman–Crippen LogP) is 2.83. The van der Waals surface area contributed by atoms with Crippen molar-refractivity contribution in [2.24, 2.45) is 0 Å². The number of hydrogen-bond donors (Lipinski definition) is 0. The van der Waals surface area contributed by atoms with Crippen molar-refractivity contribution in [2.75, 3.05) is 6.61 Å². The molecule has 0 unspecified atom stereocenters. The molecule has 4 heteroatoms. The molecule has 18 heavy (non-hydrogen) atoms. The molecule has 1 saturated carbocycles. The number of aromatic nitrogens is 2. The first kappa shape index (κ1) is 13.3. The van der Waals surface area contributed by atoms with Crippen LogP contribution < -0.4 is 0 Å². The molecule has 4 nitrogen and oxygen atoms in total. The largest absolute Gasteiger partial charge is 0.367 e. The van der Waals surface area contributed by atoms with Crippen LogP contribution in [0.1, 0.15) is 56.6 Å². The number of ether oxygens (including phenoxy) is 1. The number of rotatable bonds is 6. The lowest BCUT2D eigenvalue weighted by Gasteiger charge is -2.27. The number of nitrogens with zero attached hydrogens (tertiary/aromatic N) is 2. The van der Waals surface area contributed by atoms with E-state index in [4.69, 9.17) is 4.74 Å². The summed E-state index contributed by atoms with van der Waals surface area (Å²) in [5, 5.41) is 0. The van der Waals surface area contributed by atoms with Crippen LogP contribution in [0.25, 0.3) is 0 Å². The van der Waals surface area contributed by atoms with E-state index in [0.717, 1.165) is 38.6 Å². The Bertz CT molecular complexity index is 406. The molecular formula is C14H22N2O2. The van der Waals surface area contributed by atoms with Crippen LogP contribution in [0.5, 0.6) is 0 Å². The van der Waals surface area contributed by atoms with Crippen LogP contribution in [0, 0.1) is 0 Å². The number of aryl methyl sites for hydroxylation is 1. The van der Waals surface area contributed by atoms with Crippen LogP contribution in [0.2, 0.25) is 0 Å². The Morgan fingerprint density at radius 1 is 1.44 bits per heavy atom. The molecule has 100 valence electrons. The molecule has 1 aliphatic carbocycles. The molecule has 0 aromatic carbocycles. The first-order valence-electron chi connectivity index (χ1n) is 6.93. The van der Waals surface area contributed by atoms with Crippen molar-refractivity contribution < 1.29 is 9.53 Å². The maximum absolute atomic E-state index is 12.7. The summed E-state index contributed by atoms with van der Waals surface area (Å²) in [6.07, 6.45) is 8.39. The lowest BCUT2D eigenvalue weighted by atomic mass is 9.95. The molecule has 0 spiro atoms. The average Bonchev–Trinajstić information content (AvgIpc) is 2.99. The molecule has 1 aromatic rings. The highest BCUT2D eigenvalue weighted by Gasteiger charge is 2.43. The van der Waals surface area contributed by atoms with Crippen molar-refractivity contribution in [3.63, 3.8) is 0 Å². The minimum Gasteiger partial charge on any atom is -0.367 e. The van der Waals surface area contributed by atoms with Gasteiger partial charge in [0.1, 0.15) is 5.60 Å². The normalized spacial score (nSPS) is 18.1. The Balaban J connectivity index is 2.25. The quantitative estimate of drug-likeness (QED) is 0.729. The van der Waals surface area contributed by atoms with E-state index in [2.05, 4.69) is 11.9 Å². The number of Topliss-reactive ketones (excluding diaryl/α,β-unsaturated/α-hetero) is 1. The first-order valence-corrected chi connectivity index (χ1v) is 6.93. The van der Waals surface area contributed by atoms with Crippen molar-refractivity contribution in [2.45, 2.75) is 58.1 Å². The molecule has 1 aromatic heterocycles. The van der Waals surface area contributed by atoms with Crippen molar-refractivity contribution in [1.82, 2.24) is 9.55 Å². The van der Waals surface area contributed by atoms with Gasteiger partial charge in [-0.1, -0.05) is 6.92 Å². The Hall–Kier alpha value is -1.16. The Morgan fingerprint density at radius 2 is 2.17 bits per heavy atom. The van der Waals surface area contributed by atoms with E-state index in [0.29, 0.717) is 12.4 Å². The van der Waals surface area contributed by atoms with E-state index in [1.165, 1.54) is 0 Å². The summed E-state index contributed by atoms with van der Waals surface area (Å²) < 4.78 is 7.75. The zero-order valence-electron chi connectivity index (χ0n) is 11.3. The van der Waals surface area contributed by atoms with Crippen molar-refractivity contribution in [3.05, 3.63) is 18.2 Å². The second kappa shape index (κ2) is 5.65. The van der Waals surface area contributed by atoms with Gasteiger partial charge in [-0.3, -0.25) is 4.79 Å². The third-order valence-electron chi connectivity index (χ3n) is 3.63. The zero-order valence-corrected chi connectivity index (χ0v) is 11.3. The van der Waals surface area contributed by atoms with Crippen LogP contribution in [0.15, 0.2) is 12.4 Å². The van der Waals surface area contributed by atoms with E-state index < -0.39 is 5.60 Å². The van der Waals surface area contributed by atoms with Gasteiger partial charge in [-0.15, -0.1) is 0 Å². The number of ketones is 1. The maximum Gasteiger partial charge on any atom is 0.229 e. The Morgan fingerprint density at radius 3 is 2.78 bits per heavy atom. The third-order valence-corrected chi connectivity index (χ3v) is 3.63. The summed E-state index contributed by atoms with van der Waals surface area (Å²) in [5.41, 5.74) is -0.606. The smallest absolute Gasteiger partial charge is 0.229 e. The lowest BCUT2D eigenvalue weighted by Crippen LogP contribution is -2.40. The highest BCUT2D eigenvalue weighted by molar-refractivity contribution is 6.00. The monoisotopic (exact) mass is 250 g/mol. The van der Waals surface area contributed by atoms with Gasteiger partial charge in [-0.25, -0.2) is 4.98 Å². The third kappa shape index (κ3) is 2.34. The topological polar surface area (TPSA) is 44.1 Å². The van der Waals surface area contributed by atoms with Crippen LogP contribution in [0.4, 0.5) is 0 Å². The fraction of sp³-hybridized carbons (Fsp3) is 0.714. The van der Waals surface area contributed by atoms with Crippen molar-refractivity contribution in [3.8, 4) is 0 Å². The van der Waals surface area contributed by atoms with Gasteiger partial charge < -0.3 is 9.30 Å². The molecule has 0 saturated heterocycles. The van der Waals surface area contributed by atoms with E-state index in [9.17, 15) is 4.79 Å². The molecule has 0 aliphatic heterocycles. The van der Waals surface area contributed by atoms with Gasteiger partial charge in [0.15, 0.2) is 5.82 Å². The highest BCUT2D eigenvalue weighted by Crippen LogP contribution is 2.35. The summed E-state index contributed by atoms with van der Waals surface area (Å²) in [4.78, 5) is 16.9. The molecule has 0 amide bonds. The molecule has 1 fully saturated rings. The van der Waals surface area contributed by atoms with Crippen molar-refractivity contribution in [1.29, 1.82) is 0 Å². The van der Waals surface area contributed by atoms with Crippen molar-refractivity contribution >= 4 is 5.78 Å². The molecule has 0 N–H and O–H groups in total. The van der Waals surface area contributed by atoms with Gasteiger partial charge in [-0.05, 0) is 39.0 Å². The fourth-order valence-electron chi connectivity index (χ4n) is 2.80. The van der Waals surface area contributed by atoms with Crippen LogP contribution >= 0.6 is 0 Å². The minimum atomic E-state index is -0.606. The SMILES string of the molecule is CCCn1ccnc1C(=O)C1(OCC)CCCC1. The van der Waals surface area contributed by atoms with Gasteiger partial charge in [0.25, 0.3) is 0 Å². The number of hydrogen-bond acceptors (Lipinski definition) is 3. The second-order valence-corrected chi connectivity index (χ2v) is 4.91.